The van der Waals surface area contributed by atoms with Crippen LogP contribution < -0.4 is 10.5 Å². The van der Waals surface area contributed by atoms with Gasteiger partial charge in [0.25, 0.3) is 0 Å². The van der Waals surface area contributed by atoms with Crippen LogP contribution in [-0.2, 0) is 19.6 Å². The van der Waals surface area contributed by atoms with Crippen LogP contribution in [0.5, 0.6) is 0 Å². The van der Waals surface area contributed by atoms with E-state index in [-0.39, 0.29) is 18.9 Å². The lowest BCUT2D eigenvalue weighted by Crippen LogP contribution is -2.35. The molecule has 0 aliphatic rings. The molecule has 0 bridgehead atoms. The number of hydrogen-bond acceptors (Lipinski definition) is 4. The van der Waals surface area contributed by atoms with Crippen LogP contribution >= 0.6 is 0 Å². The number of carbonyl (C=O) groups excluding carboxylic acids is 1. The minimum absolute atomic E-state index is 0.0914. The van der Waals surface area contributed by atoms with Crippen LogP contribution in [0, 0.1) is 0 Å². The van der Waals surface area contributed by atoms with Gasteiger partial charge in [0.15, 0.2) is 0 Å². The summed E-state index contributed by atoms with van der Waals surface area (Å²) in [4.78, 5) is 10.2. The van der Waals surface area contributed by atoms with Crippen molar-refractivity contribution in [3.63, 3.8) is 0 Å². The van der Waals surface area contributed by atoms with E-state index in [9.17, 15) is 13.2 Å². The molecule has 0 aromatic rings. The molecule has 0 heterocycles. The van der Waals surface area contributed by atoms with Crippen molar-refractivity contribution in [3.8, 4) is 0 Å². The molecule has 0 unspecified atom stereocenters. The number of nitrogens with two attached hydrogens (primary N) is 1. The van der Waals surface area contributed by atoms with Gasteiger partial charge in [0.2, 0.25) is 15.9 Å². The summed E-state index contributed by atoms with van der Waals surface area (Å²) in [6, 6.07) is 0. The first-order valence-corrected chi connectivity index (χ1v) is 4.88. The van der Waals surface area contributed by atoms with E-state index in [0.717, 1.165) is 0 Å². The Morgan fingerprint density at radius 2 is 2.17 bits per heavy atom. The maximum absolute atomic E-state index is 10.9. The van der Waals surface area contributed by atoms with Crippen molar-refractivity contribution < 1.29 is 17.9 Å². The minimum atomic E-state index is -3.41. The predicted octanol–water partition coefficient (Wildman–Crippen LogP) is -1.96. The number of amides is 1. The quantitative estimate of drug-likeness (QED) is 0.515. The van der Waals surface area contributed by atoms with Gasteiger partial charge in [-0.1, -0.05) is 0 Å². The summed E-state index contributed by atoms with van der Waals surface area (Å²) in [5.74, 6) is -0.882. The predicted molar refractivity (Wildman–Crippen MR) is 42.9 cm³/mol. The van der Waals surface area contributed by atoms with E-state index in [0.29, 0.717) is 0 Å². The molecule has 0 aromatic carbocycles. The lowest BCUT2D eigenvalue weighted by molar-refractivity contribution is -0.116. The molecule has 7 heteroatoms. The van der Waals surface area contributed by atoms with Crippen molar-refractivity contribution in [1.29, 1.82) is 0 Å². The Labute approximate surface area is 71.1 Å². The standard InChI is InChI=1S/C5H12N2O4S/c1-11-2-3-12(9,10)7-4-5(6)8/h7H,2-4H2,1H3,(H2,6,8). The lowest BCUT2D eigenvalue weighted by atomic mass is 10.7. The Bertz CT molecular complexity index is 236. The summed E-state index contributed by atoms with van der Waals surface area (Å²) in [6.45, 7) is -0.278. The molecule has 0 atom stereocenters. The molecule has 0 aliphatic heterocycles. The van der Waals surface area contributed by atoms with E-state index in [1.54, 1.807) is 0 Å². The Morgan fingerprint density at radius 1 is 1.58 bits per heavy atom. The number of ether oxygens (including phenoxy) is 1. The first kappa shape index (κ1) is 11.3. The van der Waals surface area contributed by atoms with Gasteiger partial charge in [0.1, 0.15) is 0 Å². The summed E-state index contributed by atoms with van der Waals surface area (Å²) in [5, 5.41) is 0. The maximum atomic E-state index is 10.9. The molecule has 3 N–H and O–H groups in total. The van der Waals surface area contributed by atoms with Crippen molar-refractivity contribution in [2.24, 2.45) is 5.73 Å². The average molecular weight is 196 g/mol. The van der Waals surface area contributed by atoms with E-state index >= 15 is 0 Å². The van der Waals surface area contributed by atoms with Crippen LogP contribution in [0.25, 0.3) is 0 Å². The summed E-state index contributed by atoms with van der Waals surface area (Å²) in [6.07, 6.45) is 0. The van der Waals surface area contributed by atoms with Gasteiger partial charge in [0, 0.05) is 7.11 Å². The van der Waals surface area contributed by atoms with Crippen molar-refractivity contribution in [2.45, 2.75) is 0 Å². The van der Waals surface area contributed by atoms with Crippen LogP contribution in [0.1, 0.15) is 0 Å². The fourth-order valence-electron chi connectivity index (χ4n) is 0.446. The number of carbonyl (C=O) groups is 1. The van der Waals surface area contributed by atoms with Crippen LogP contribution in [-0.4, -0.2) is 40.3 Å². The largest absolute Gasteiger partial charge is 0.384 e. The summed E-state index contributed by atoms with van der Waals surface area (Å²) in [7, 11) is -2.02. The maximum Gasteiger partial charge on any atom is 0.232 e. The highest BCUT2D eigenvalue weighted by Gasteiger charge is 2.09. The number of hydrogen-bond donors (Lipinski definition) is 2. The monoisotopic (exact) mass is 196 g/mol. The SMILES string of the molecule is COCCS(=O)(=O)NCC(N)=O. The van der Waals surface area contributed by atoms with Gasteiger partial charge in [-0.15, -0.1) is 0 Å². The summed E-state index contributed by atoms with van der Waals surface area (Å²) in [5.41, 5.74) is 4.73. The molecule has 0 rings (SSSR count). The molecule has 0 aliphatic carbocycles. The Hall–Kier alpha value is -0.660. The number of rotatable bonds is 6. The Balaban J connectivity index is 3.80. The third-order valence-corrected chi connectivity index (χ3v) is 2.31. The van der Waals surface area contributed by atoms with Crippen molar-refractivity contribution >= 4 is 15.9 Å². The summed E-state index contributed by atoms with van der Waals surface area (Å²) < 4.78 is 28.4. The fourth-order valence-corrected chi connectivity index (χ4v) is 1.34. The van der Waals surface area contributed by atoms with E-state index < -0.39 is 15.9 Å². The molecule has 12 heavy (non-hydrogen) atoms. The second kappa shape index (κ2) is 5.07. The molecule has 0 aromatic heterocycles. The van der Waals surface area contributed by atoms with Gasteiger partial charge in [-0.3, -0.25) is 4.79 Å². The normalized spacial score (nSPS) is 11.4. The molecular formula is C5H12N2O4S. The first-order chi connectivity index (χ1) is 5.48. The van der Waals surface area contributed by atoms with E-state index in [1.807, 2.05) is 4.72 Å². The Kier molecular flexibility index (Phi) is 4.79. The molecule has 0 saturated carbocycles. The first-order valence-electron chi connectivity index (χ1n) is 3.22. The average Bonchev–Trinajstić information content (AvgIpc) is 1.98. The number of primary amides is 1. The van der Waals surface area contributed by atoms with E-state index in [4.69, 9.17) is 5.73 Å². The molecule has 0 radical (unpaired) electrons. The molecule has 72 valence electrons. The molecule has 6 nitrogen and oxygen atoms in total. The lowest BCUT2D eigenvalue weighted by Gasteiger charge is -2.02. The highest BCUT2D eigenvalue weighted by atomic mass is 32.2. The molecule has 0 spiro atoms. The molecule has 0 saturated heterocycles. The second-order valence-electron chi connectivity index (χ2n) is 2.10. The van der Waals surface area contributed by atoms with Gasteiger partial charge in [-0.05, 0) is 0 Å². The third-order valence-electron chi connectivity index (χ3n) is 1.02. The van der Waals surface area contributed by atoms with Gasteiger partial charge in [-0.25, -0.2) is 13.1 Å². The third kappa shape index (κ3) is 6.08. The highest BCUT2D eigenvalue weighted by Crippen LogP contribution is 1.82. The van der Waals surface area contributed by atoms with Gasteiger partial charge in [0.05, 0.1) is 18.9 Å². The molecular weight excluding hydrogens is 184 g/mol. The topological polar surface area (TPSA) is 98.5 Å². The van der Waals surface area contributed by atoms with Crippen LogP contribution in [0.3, 0.4) is 0 Å². The van der Waals surface area contributed by atoms with Crippen molar-refractivity contribution in [1.82, 2.24) is 4.72 Å². The number of sulfonamides is 1. The number of methoxy groups -OCH3 is 1. The smallest absolute Gasteiger partial charge is 0.232 e. The van der Waals surface area contributed by atoms with Crippen LogP contribution in [0.2, 0.25) is 0 Å². The second-order valence-corrected chi connectivity index (χ2v) is 4.03. The fraction of sp³-hybridized carbons (Fsp3) is 0.800. The van der Waals surface area contributed by atoms with Crippen molar-refractivity contribution in [2.75, 3.05) is 26.0 Å². The highest BCUT2D eigenvalue weighted by molar-refractivity contribution is 7.89. The van der Waals surface area contributed by atoms with Gasteiger partial charge >= 0.3 is 0 Å². The zero-order chi connectivity index (χ0) is 9.61. The van der Waals surface area contributed by atoms with E-state index in [2.05, 4.69) is 4.74 Å². The van der Waals surface area contributed by atoms with Crippen LogP contribution in [0.15, 0.2) is 0 Å². The van der Waals surface area contributed by atoms with Gasteiger partial charge < -0.3 is 10.5 Å². The number of nitrogens with one attached hydrogen (secondary N) is 1. The van der Waals surface area contributed by atoms with Gasteiger partial charge in [-0.2, -0.15) is 0 Å². The molecule has 0 fully saturated rings. The zero-order valence-corrected chi connectivity index (χ0v) is 7.56. The van der Waals surface area contributed by atoms with E-state index in [1.165, 1.54) is 7.11 Å². The van der Waals surface area contributed by atoms with Crippen molar-refractivity contribution in [3.05, 3.63) is 0 Å². The Morgan fingerprint density at radius 3 is 2.58 bits per heavy atom. The molecule has 1 amide bonds. The van der Waals surface area contributed by atoms with Crippen LogP contribution in [0.4, 0.5) is 0 Å². The zero-order valence-electron chi connectivity index (χ0n) is 6.74. The minimum Gasteiger partial charge on any atom is -0.384 e. The summed E-state index contributed by atoms with van der Waals surface area (Å²) >= 11 is 0.